The van der Waals surface area contributed by atoms with Gasteiger partial charge in [-0.05, 0) is 74.5 Å². The summed E-state index contributed by atoms with van der Waals surface area (Å²) < 4.78 is 10.1. The number of anilines is 1. The number of nitrogens with zero attached hydrogens (tertiary/aromatic N) is 2. The number of benzene rings is 1. The summed E-state index contributed by atoms with van der Waals surface area (Å²) in [5.74, 6) is 1.78. The summed E-state index contributed by atoms with van der Waals surface area (Å²) in [6.07, 6.45) is 10.3. The molecule has 0 spiro atoms. The molecule has 1 saturated heterocycles. The predicted molar refractivity (Wildman–Crippen MR) is 123 cm³/mol. The topological polar surface area (TPSA) is 37.4 Å². The normalized spacial score (nSPS) is 27.3. The first-order valence-electron chi connectivity index (χ1n) is 10.9. The Morgan fingerprint density at radius 3 is 2.62 bits per heavy atom. The molecule has 5 heteroatoms. The van der Waals surface area contributed by atoms with E-state index in [0.717, 1.165) is 38.2 Å². The van der Waals surface area contributed by atoms with E-state index in [1.54, 1.807) is 11.9 Å². The van der Waals surface area contributed by atoms with Crippen molar-refractivity contribution in [2.45, 2.75) is 63.1 Å². The smallest absolute Gasteiger partial charge is 0.129 e. The van der Waals surface area contributed by atoms with Crippen LogP contribution in [0.1, 0.15) is 49.1 Å². The first-order valence-corrected chi connectivity index (χ1v) is 12.1. The third kappa shape index (κ3) is 5.14. The Bertz CT molecular complexity index is 764. The number of hydrogen-bond acceptors (Lipinski definition) is 5. The van der Waals surface area contributed by atoms with Crippen molar-refractivity contribution in [1.29, 1.82) is 0 Å². The molecular weight excluding hydrogens is 378 g/mol. The predicted octanol–water partition coefficient (Wildman–Crippen LogP) is 4.95. The molecule has 0 amide bonds. The number of aryl methyl sites for hydroxylation is 1. The van der Waals surface area contributed by atoms with Gasteiger partial charge in [0.1, 0.15) is 5.82 Å². The van der Waals surface area contributed by atoms with Gasteiger partial charge in [0, 0.05) is 18.8 Å². The first-order chi connectivity index (χ1) is 14.2. The molecule has 2 atom stereocenters. The van der Waals surface area contributed by atoms with Gasteiger partial charge in [-0.25, -0.2) is 4.98 Å². The second-order valence-corrected chi connectivity index (χ2v) is 9.03. The number of pyridine rings is 1. The molecule has 0 radical (unpaired) electrons. The maximum atomic E-state index is 6.49. The van der Waals surface area contributed by atoms with Crippen molar-refractivity contribution in [2.75, 3.05) is 24.3 Å². The number of nitrogens with one attached hydrogen (secondary N) is 1. The average Bonchev–Trinajstić information content (AvgIpc) is 3.16. The van der Waals surface area contributed by atoms with Gasteiger partial charge >= 0.3 is 0 Å². The molecule has 2 aromatic rings. The largest absolute Gasteiger partial charge is 0.376 e. The molecule has 0 bridgehead atoms. The number of hydrogen-bond donors (Lipinski definition) is 1. The average molecular weight is 412 g/mol. The molecular formula is C24H33N3OS. The van der Waals surface area contributed by atoms with Gasteiger partial charge in [0.25, 0.3) is 0 Å². The Balaban J connectivity index is 1.35. The van der Waals surface area contributed by atoms with Gasteiger partial charge in [-0.1, -0.05) is 42.3 Å². The van der Waals surface area contributed by atoms with E-state index < -0.39 is 0 Å². The van der Waals surface area contributed by atoms with Gasteiger partial charge in [0.15, 0.2) is 0 Å². The Hall–Kier alpha value is -1.56. The van der Waals surface area contributed by atoms with Gasteiger partial charge in [-0.2, -0.15) is 0 Å². The second-order valence-electron chi connectivity index (χ2n) is 8.39. The molecule has 2 unspecified atom stereocenters. The van der Waals surface area contributed by atoms with Crippen LogP contribution in [0.4, 0.5) is 5.82 Å². The molecule has 1 N–H and O–H groups in total. The maximum absolute atomic E-state index is 6.49. The van der Waals surface area contributed by atoms with Crippen molar-refractivity contribution in [3.05, 3.63) is 59.8 Å². The van der Waals surface area contributed by atoms with Gasteiger partial charge in [-0.3, -0.25) is 4.72 Å². The molecule has 29 heavy (non-hydrogen) atoms. The molecule has 156 valence electrons. The lowest BCUT2D eigenvalue weighted by atomic mass is 9.83. The third-order valence-corrected chi connectivity index (χ3v) is 7.00. The van der Waals surface area contributed by atoms with Crippen molar-refractivity contribution in [2.24, 2.45) is 0 Å². The van der Waals surface area contributed by atoms with Gasteiger partial charge in [0.05, 0.1) is 18.8 Å². The molecule has 1 saturated carbocycles. The fourth-order valence-electron chi connectivity index (χ4n) is 4.83. The minimum atomic E-state index is 0.337. The van der Waals surface area contributed by atoms with Crippen LogP contribution in [0.5, 0.6) is 0 Å². The van der Waals surface area contributed by atoms with Crippen LogP contribution in [-0.2, 0) is 4.74 Å². The first kappa shape index (κ1) is 20.7. The lowest BCUT2D eigenvalue weighted by Gasteiger charge is -2.33. The second kappa shape index (κ2) is 9.96. The number of ether oxygens (including phenoxy) is 1. The van der Waals surface area contributed by atoms with Gasteiger partial charge in [-0.15, -0.1) is 0 Å². The number of rotatable bonds is 7. The van der Waals surface area contributed by atoms with Crippen LogP contribution in [0.3, 0.4) is 0 Å². The highest BCUT2D eigenvalue weighted by atomic mass is 32.2. The van der Waals surface area contributed by atoms with E-state index in [0.29, 0.717) is 24.1 Å². The van der Waals surface area contributed by atoms with Crippen molar-refractivity contribution >= 4 is 17.8 Å². The standard InChI is InChI=1S/C24H33N3OS/c1-18-12-14-25-24(16-18)27-15-13-22(26-29-2)23(27)17-28-21-10-8-20(9-11-21)19-6-4-3-5-7-19/h3-7,12,14,16,20-23,26H,8-11,13,15,17H2,1-2H3. The highest BCUT2D eigenvalue weighted by molar-refractivity contribution is 7.96. The summed E-state index contributed by atoms with van der Waals surface area (Å²) >= 11 is 1.71. The number of aromatic nitrogens is 1. The quantitative estimate of drug-likeness (QED) is 0.653. The van der Waals surface area contributed by atoms with E-state index in [-0.39, 0.29) is 0 Å². The van der Waals surface area contributed by atoms with E-state index in [4.69, 9.17) is 4.74 Å². The highest BCUT2D eigenvalue weighted by Crippen LogP contribution is 2.34. The van der Waals surface area contributed by atoms with E-state index in [9.17, 15) is 0 Å². The lowest BCUT2D eigenvalue weighted by Crippen LogP contribution is -2.45. The molecule has 2 aliphatic rings. The highest BCUT2D eigenvalue weighted by Gasteiger charge is 2.36. The molecule has 2 heterocycles. The summed E-state index contributed by atoms with van der Waals surface area (Å²) in [4.78, 5) is 7.08. The zero-order valence-corrected chi connectivity index (χ0v) is 18.4. The minimum Gasteiger partial charge on any atom is -0.376 e. The zero-order valence-electron chi connectivity index (χ0n) is 17.6. The summed E-state index contributed by atoms with van der Waals surface area (Å²) in [6, 6.07) is 16.0. The Morgan fingerprint density at radius 2 is 1.90 bits per heavy atom. The van der Waals surface area contributed by atoms with Crippen LogP contribution in [0.2, 0.25) is 0 Å². The summed E-state index contributed by atoms with van der Waals surface area (Å²) in [7, 11) is 0. The van der Waals surface area contributed by atoms with Crippen LogP contribution >= 0.6 is 11.9 Å². The van der Waals surface area contributed by atoms with E-state index in [2.05, 4.69) is 70.3 Å². The molecule has 4 nitrogen and oxygen atoms in total. The molecule has 1 aromatic heterocycles. The summed E-state index contributed by atoms with van der Waals surface area (Å²) in [5, 5.41) is 0. The Labute approximate surface area is 179 Å². The van der Waals surface area contributed by atoms with Gasteiger partial charge in [0.2, 0.25) is 0 Å². The molecule has 2 fully saturated rings. The zero-order chi connectivity index (χ0) is 20.1. The third-order valence-electron chi connectivity index (χ3n) is 6.46. The van der Waals surface area contributed by atoms with Crippen molar-refractivity contribution in [1.82, 2.24) is 9.71 Å². The molecule has 4 rings (SSSR count). The monoisotopic (exact) mass is 411 g/mol. The van der Waals surface area contributed by atoms with E-state index in [1.807, 2.05) is 6.20 Å². The van der Waals surface area contributed by atoms with Crippen LogP contribution in [0.15, 0.2) is 48.7 Å². The Morgan fingerprint density at radius 1 is 1.10 bits per heavy atom. The van der Waals surface area contributed by atoms with Crippen molar-refractivity contribution in [3.63, 3.8) is 0 Å². The van der Waals surface area contributed by atoms with E-state index >= 15 is 0 Å². The molecule has 1 aliphatic carbocycles. The minimum absolute atomic E-state index is 0.337. The van der Waals surface area contributed by atoms with Crippen LogP contribution in [0.25, 0.3) is 0 Å². The fraction of sp³-hybridized carbons (Fsp3) is 0.542. The van der Waals surface area contributed by atoms with Crippen molar-refractivity contribution < 1.29 is 4.74 Å². The van der Waals surface area contributed by atoms with Crippen LogP contribution in [-0.4, -0.2) is 42.6 Å². The van der Waals surface area contributed by atoms with E-state index in [1.165, 1.54) is 24.0 Å². The fourth-order valence-corrected chi connectivity index (χ4v) is 5.41. The SMILES string of the molecule is CSNC1CCN(c2cc(C)ccn2)C1COC1CCC(c2ccccc2)CC1. The Kier molecular flexibility index (Phi) is 7.11. The van der Waals surface area contributed by atoms with Gasteiger partial charge < -0.3 is 9.64 Å². The van der Waals surface area contributed by atoms with Crippen molar-refractivity contribution in [3.8, 4) is 0 Å². The lowest BCUT2D eigenvalue weighted by molar-refractivity contribution is 0.0157. The summed E-state index contributed by atoms with van der Waals surface area (Å²) in [5.41, 5.74) is 2.75. The molecule has 1 aliphatic heterocycles. The van der Waals surface area contributed by atoms with Crippen LogP contribution in [0, 0.1) is 6.92 Å². The van der Waals surface area contributed by atoms with Crippen LogP contribution < -0.4 is 9.62 Å². The maximum Gasteiger partial charge on any atom is 0.129 e. The summed E-state index contributed by atoms with van der Waals surface area (Å²) in [6.45, 7) is 3.94. The molecule has 1 aromatic carbocycles.